The van der Waals surface area contributed by atoms with Crippen molar-refractivity contribution >= 4 is 5.91 Å². The van der Waals surface area contributed by atoms with E-state index >= 15 is 0 Å². The second-order valence-corrected chi connectivity index (χ2v) is 3.31. The Bertz CT molecular complexity index is 385. The van der Waals surface area contributed by atoms with Gasteiger partial charge in [0.1, 0.15) is 11.8 Å². The summed E-state index contributed by atoms with van der Waals surface area (Å²) < 4.78 is 28.7. The molecule has 0 saturated heterocycles. The number of amides is 1. The fourth-order valence-corrected chi connectivity index (χ4v) is 1.49. The maximum absolute atomic E-state index is 12.2. The molecule has 0 heterocycles. The number of nitrogens with one attached hydrogen (secondary N) is 1. The number of hydrogen-bond donors (Lipinski definition) is 2. The molecule has 3 N–H and O–H groups in total. The first kappa shape index (κ1) is 13.4. The lowest BCUT2D eigenvalue weighted by atomic mass is 10.1. The third kappa shape index (κ3) is 3.67. The number of halogens is 2. The van der Waals surface area contributed by atoms with Crippen molar-refractivity contribution in [2.75, 3.05) is 6.54 Å². The highest BCUT2D eigenvalue weighted by Crippen LogP contribution is 2.26. The van der Waals surface area contributed by atoms with Crippen molar-refractivity contribution in [2.45, 2.75) is 19.6 Å². The number of nitrogens with two attached hydrogens (primary N) is 1. The molecule has 6 heteroatoms. The van der Waals surface area contributed by atoms with Gasteiger partial charge in [-0.1, -0.05) is 25.1 Å². The number of ether oxygens (including phenoxy) is 1. The Kier molecular flexibility index (Phi) is 4.84. The number of benzene rings is 1. The summed E-state index contributed by atoms with van der Waals surface area (Å²) >= 11 is 0. The van der Waals surface area contributed by atoms with Gasteiger partial charge in [0, 0.05) is 5.56 Å². The van der Waals surface area contributed by atoms with Crippen molar-refractivity contribution in [3.63, 3.8) is 0 Å². The van der Waals surface area contributed by atoms with Crippen LogP contribution in [0.4, 0.5) is 8.78 Å². The summed E-state index contributed by atoms with van der Waals surface area (Å²) in [5.41, 5.74) is 5.52. The van der Waals surface area contributed by atoms with Crippen molar-refractivity contribution in [2.24, 2.45) is 5.73 Å². The number of likely N-dealkylation sites (N-methyl/N-ethyl adjacent to an activating group) is 1. The summed E-state index contributed by atoms with van der Waals surface area (Å²) in [6.07, 6.45) is 0. The molecule has 1 aromatic carbocycles. The fraction of sp³-hybridized carbons (Fsp3) is 0.364. The van der Waals surface area contributed by atoms with Crippen LogP contribution in [0.2, 0.25) is 0 Å². The van der Waals surface area contributed by atoms with Crippen LogP contribution in [-0.4, -0.2) is 19.1 Å². The molecular formula is C11H14F2N2O2. The van der Waals surface area contributed by atoms with E-state index in [1.807, 2.05) is 0 Å². The summed E-state index contributed by atoms with van der Waals surface area (Å²) in [7, 11) is 0. The average Bonchev–Trinajstić information content (AvgIpc) is 2.26. The van der Waals surface area contributed by atoms with E-state index in [2.05, 4.69) is 10.1 Å². The number of alkyl halides is 2. The van der Waals surface area contributed by atoms with E-state index in [9.17, 15) is 13.6 Å². The van der Waals surface area contributed by atoms with Gasteiger partial charge in [-0.3, -0.25) is 4.79 Å². The first-order valence-electron chi connectivity index (χ1n) is 5.12. The molecule has 0 spiro atoms. The maximum Gasteiger partial charge on any atom is 0.387 e. The second kappa shape index (κ2) is 6.15. The van der Waals surface area contributed by atoms with Crippen LogP contribution in [0.25, 0.3) is 0 Å². The molecule has 0 aliphatic heterocycles. The lowest BCUT2D eigenvalue weighted by molar-refractivity contribution is -0.120. The Hall–Kier alpha value is -1.69. The maximum atomic E-state index is 12.2. The predicted molar refractivity (Wildman–Crippen MR) is 58.7 cm³/mol. The first-order valence-corrected chi connectivity index (χ1v) is 5.12. The predicted octanol–water partition coefficient (Wildman–Crippen LogP) is 1.42. The second-order valence-electron chi connectivity index (χ2n) is 3.31. The van der Waals surface area contributed by atoms with E-state index in [1.54, 1.807) is 19.1 Å². The van der Waals surface area contributed by atoms with Gasteiger partial charge >= 0.3 is 6.61 Å². The molecule has 4 nitrogen and oxygen atoms in total. The van der Waals surface area contributed by atoms with Gasteiger partial charge in [0.25, 0.3) is 0 Å². The van der Waals surface area contributed by atoms with Crippen molar-refractivity contribution in [1.82, 2.24) is 5.32 Å². The van der Waals surface area contributed by atoms with E-state index in [4.69, 9.17) is 5.73 Å². The summed E-state index contributed by atoms with van der Waals surface area (Å²) in [6, 6.07) is 5.23. The molecule has 1 rings (SSSR count). The first-order chi connectivity index (χ1) is 8.06. The Morgan fingerprint density at radius 2 is 2.12 bits per heavy atom. The Balaban J connectivity index is 3.04. The third-order valence-corrected chi connectivity index (χ3v) is 2.14. The van der Waals surface area contributed by atoms with E-state index in [0.717, 1.165) is 0 Å². The molecule has 0 saturated carbocycles. The molecule has 94 valence electrons. The monoisotopic (exact) mass is 244 g/mol. The van der Waals surface area contributed by atoms with Gasteiger partial charge < -0.3 is 15.8 Å². The van der Waals surface area contributed by atoms with Crippen molar-refractivity contribution in [3.05, 3.63) is 29.8 Å². The Labute approximate surface area is 97.8 Å². The third-order valence-electron chi connectivity index (χ3n) is 2.14. The number of primary amides is 1. The summed E-state index contributed by atoms with van der Waals surface area (Å²) in [5, 5.41) is 2.81. The molecule has 0 aliphatic rings. The molecule has 1 unspecified atom stereocenters. The minimum atomic E-state index is -2.94. The standard InChI is InChI=1S/C11H14F2N2O2/c1-2-15-9(10(14)16)7-5-3-4-6-8(7)17-11(12)13/h3-6,9,11,15H,2H2,1H3,(H2,14,16). The van der Waals surface area contributed by atoms with Crippen LogP contribution in [0.3, 0.4) is 0 Å². The highest BCUT2D eigenvalue weighted by Gasteiger charge is 2.21. The van der Waals surface area contributed by atoms with E-state index in [1.165, 1.54) is 12.1 Å². The molecule has 0 fully saturated rings. The number of carbonyl (C=O) groups is 1. The van der Waals surface area contributed by atoms with Gasteiger partial charge in [0.2, 0.25) is 5.91 Å². The Morgan fingerprint density at radius 3 is 2.65 bits per heavy atom. The number of para-hydroxylation sites is 1. The topological polar surface area (TPSA) is 64.3 Å². The van der Waals surface area contributed by atoms with Crippen molar-refractivity contribution < 1.29 is 18.3 Å². The number of hydrogen-bond acceptors (Lipinski definition) is 3. The molecule has 0 aromatic heterocycles. The van der Waals surface area contributed by atoms with Crippen LogP contribution in [0.1, 0.15) is 18.5 Å². The SMILES string of the molecule is CCNC(C(N)=O)c1ccccc1OC(F)F. The van der Waals surface area contributed by atoms with Gasteiger partial charge in [0.05, 0.1) is 0 Å². The van der Waals surface area contributed by atoms with Gasteiger partial charge in [-0.15, -0.1) is 0 Å². The molecule has 1 amide bonds. The van der Waals surface area contributed by atoms with Gasteiger partial charge in [-0.25, -0.2) is 0 Å². The van der Waals surface area contributed by atoms with Crippen LogP contribution >= 0.6 is 0 Å². The van der Waals surface area contributed by atoms with E-state index in [-0.39, 0.29) is 5.75 Å². The van der Waals surface area contributed by atoms with Gasteiger partial charge in [-0.2, -0.15) is 8.78 Å². The van der Waals surface area contributed by atoms with Crippen LogP contribution in [0.15, 0.2) is 24.3 Å². The smallest absolute Gasteiger partial charge is 0.387 e. The largest absolute Gasteiger partial charge is 0.434 e. The molecular weight excluding hydrogens is 230 g/mol. The number of rotatable bonds is 6. The van der Waals surface area contributed by atoms with Crippen molar-refractivity contribution in [3.8, 4) is 5.75 Å². The summed E-state index contributed by atoms with van der Waals surface area (Å²) in [4.78, 5) is 11.2. The quantitative estimate of drug-likeness (QED) is 0.795. The van der Waals surface area contributed by atoms with Crippen LogP contribution in [-0.2, 0) is 4.79 Å². The van der Waals surface area contributed by atoms with E-state index in [0.29, 0.717) is 12.1 Å². The van der Waals surface area contributed by atoms with Crippen LogP contribution in [0.5, 0.6) is 5.75 Å². The lowest BCUT2D eigenvalue weighted by Gasteiger charge is -2.18. The average molecular weight is 244 g/mol. The van der Waals surface area contributed by atoms with E-state index < -0.39 is 18.6 Å². The molecule has 0 bridgehead atoms. The van der Waals surface area contributed by atoms with Gasteiger partial charge in [-0.05, 0) is 12.6 Å². The minimum absolute atomic E-state index is 0.0488. The molecule has 17 heavy (non-hydrogen) atoms. The van der Waals surface area contributed by atoms with Crippen molar-refractivity contribution in [1.29, 1.82) is 0 Å². The lowest BCUT2D eigenvalue weighted by Crippen LogP contribution is -2.33. The van der Waals surface area contributed by atoms with Crippen LogP contribution < -0.4 is 15.8 Å². The van der Waals surface area contributed by atoms with Gasteiger partial charge in [0.15, 0.2) is 0 Å². The molecule has 1 aromatic rings. The fourth-order valence-electron chi connectivity index (χ4n) is 1.49. The minimum Gasteiger partial charge on any atom is -0.434 e. The normalized spacial score (nSPS) is 12.5. The van der Waals surface area contributed by atoms with Crippen LogP contribution in [0, 0.1) is 0 Å². The molecule has 0 radical (unpaired) electrons. The highest BCUT2D eigenvalue weighted by atomic mass is 19.3. The zero-order valence-electron chi connectivity index (χ0n) is 9.32. The molecule has 0 aliphatic carbocycles. The zero-order valence-corrected chi connectivity index (χ0v) is 9.32. The summed E-state index contributed by atoms with van der Waals surface area (Å²) in [5.74, 6) is -0.690. The zero-order chi connectivity index (χ0) is 12.8. The number of carbonyl (C=O) groups excluding carboxylic acids is 1. The highest BCUT2D eigenvalue weighted by molar-refractivity contribution is 5.82. The molecule has 1 atom stereocenters. The Morgan fingerprint density at radius 1 is 1.47 bits per heavy atom. The summed E-state index contributed by atoms with van der Waals surface area (Å²) in [6.45, 7) is -0.672.